The predicted molar refractivity (Wildman–Crippen MR) is 77.2 cm³/mol. The summed E-state index contributed by atoms with van der Waals surface area (Å²) in [6, 6.07) is 0.00145. The van der Waals surface area contributed by atoms with Crippen LogP contribution >= 0.6 is 11.6 Å². The van der Waals surface area contributed by atoms with Gasteiger partial charge < -0.3 is 10.6 Å². The maximum Gasteiger partial charge on any atom is 0.332 e. The number of anilines is 1. The molecule has 0 aliphatic heterocycles. The highest BCUT2D eigenvalue weighted by Gasteiger charge is 2.32. The van der Waals surface area contributed by atoms with Crippen LogP contribution in [-0.2, 0) is 4.79 Å². The van der Waals surface area contributed by atoms with Crippen molar-refractivity contribution in [1.82, 2.24) is 9.97 Å². The summed E-state index contributed by atoms with van der Waals surface area (Å²) in [5.74, 6) is -0.494. The molecule has 1 aliphatic carbocycles. The van der Waals surface area contributed by atoms with Gasteiger partial charge in [0.05, 0.1) is 11.5 Å². The second-order valence-corrected chi connectivity index (χ2v) is 5.38. The quantitative estimate of drug-likeness (QED) is 0.501. The van der Waals surface area contributed by atoms with Crippen LogP contribution in [0, 0.1) is 17.0 Å². The first-order valence-electron chi connectivity index (χ1n) is 6.63. The molecule has 1 aromatic heterocycles. The number of hydrogen-bond donors (Lipinski definition) is 1. The first-order chi connectivity index (χ1) is 9.90. The highest BCUT2D eigenvalue weighted by atomic mass is 35.5. The summed E-state index contributed by atoms with van der Waals surface area (Å²) >= 11 is 5.83. The summed E-state index contributed by atoms with van der Waals surface area (Å²) in [4.78, 5) is 31.5. The van der Waals surface area contributed by atoms with E-state index in [0.29, 0.717) is 0 Å². The molecule has 2 rings (SSSR count). The Morgan fingerprint density at radius 3 is 2.62 bits per heavy atom. The van der Waals surface area contributed by atoms with Gasteiger partial charge in [-0.15, -0.1) is 0 Å². The molecule has 114 valence electrons. The summed E-state index contributed by atoms with van der Waals surface area (Å²) in [6.07, 6.45) is 3.69. The predicted octanol–water partition coefficient (Wildman–Crippen LogP) is 1.58. The molecular formula is C12H16ClN5O3. The standard InChI is InChI=1S/C12H16ClN5O3/c1-7-10(18(20)21)11(16-12(13)15-7)17(6-9(14)19)8-4-2-3-5-8/h8H,2-6H2,1H3,(H2,14,19). The van der Waals surface area contributed by atoms with Crippen LogP contribution in [0.15, 0.2) is 0 Å². The molecule has 1 aliphatic rings. The Morgan fingerprint density at radius 1 is 1.48 bits per heavy atom. The van der Waals surface area contributed by atoms with E-state index in [1.165, 1.54) is 6.92 Å². The van der Waals surface area contributed by atoms with Crippen molar-refractivity contribution in [2.24, 2.45) is 5.73 Å². The molecule has 1 heterocycles. The van der Waals surface area contributed by atoms with Gasteiger partial charge in [-0.1, -0.05) is 12.8 Å². The third kappa shape index (κ3) is 3.38. The number of carbonyl (C=O) groups excluding carboxylic acids is 1. The van der Waals surface area contributed by atoms with Gasteiger partial charge in [-0.25, -0.2) is 4.98 Å². The number of aromatic nitrogens is 2. The van der Waals surface area contributed by atoms with Crippen LogP contribution in [0.3, 0.4) is 0 Å². The molecule has 1 aromatic rings. The molecule has 2 N–H and O–H groups in total. The van der Waals surface area contributed by atoms with E-state index in [2.05, 4.69) is 9.97 Å². The van der Waals surface area contributed by atoms with Crippen molar-refractivity contribution in [2.75, 3.05) is 11.4 Å². The van der Waals surface area contributed by atoms with Crippen molar-refractivity contribution < 1.29 is 9.72 Å². The summed E-state index contributed by atoms with van der Waals surface area (Å²) in [5.41, 5.74) is 5.21. The van der Waals surface area contributed by atoms with Gasteiger partial charge in [-0.3, -0.25) is 14.9 Å². The van der Waals surface area contributed by atoms with E-state index in [4.69, 9.17) is 17.3 Å². The zero-order chi connectivity index (χ0) is 15.6. The molecule has 0 aromatic carbocycles. The molecule has 1 fully saturated rings. The van der Waals surface area contributed by atoms with Crippen molar-refractivity contribution >= 4 is 29.0 Å². The van der Waals surface area contributed by atoms with Crippen molar-refractivity contribution in [3.63, 3.8) is 0 Å². The molecule has 0 saturated heterocycles. The fourth-order valence-electron chi connectivity index (χ4n) is 2.69. The second-order valence-electron chi connectivity index (χ2n) is 5.04. The zero-order valence-electron chi connectivity index (χ0n) is 11.6. The fourth-order valence-corrected chi connectivity index (χ4v) is 2.90. The third-order valence-electron chi connectivity index (χ3n) is 3.56. The SMILES string of the molecule is Cc1nc(Cl)nc(N(CC(N)=O)C2CCCC2)c1[N+](=O)[O-]. The van der Waals surface area contributed by atoms with E-state index in [9.17, 15) is 14.9 Å². The molecule has 0 atom stereocenters. The van der Waals surface area contributed by atoms with Gasteiger partial charge in [0.25, 0.3) is 0 Å². The summed E-state index contributed by atoms with van der Waals surface area (Å²) in [5, 5.41) is 11.2. The summed E-state index contributed by atoms with van der Waals surface area (Å²) in [6.45, 7) is 1.37. The lowest BCUT2D eigenvalue weighted by molar-refractivity contribution is -0.385. The number of nitro groups is 1. The number of amides is 1. The number of halogens is 1. The van der Waals surface area contributed by atoms with E-state index >= 15 is 0 Å². The lowest BCUT2D eigenvalue weighted by Crippen LogP contribution is -2.41. The highest BCUT2D eigenvalue weighted by Crippen LogP contribution is 2.34. The van der Waals surface area contributed by atoms with Gasteiger partial charge >= 0.3 is 5.69 Å². The van der Waals surface area contributed by atoms with Crippen LogP contribution in [0.5, 0.6) is 0 Å². The Hall–Kier alpha value is -1.96. The van der Waals surface area contributed by atoms with E-state index in [0.717, 1.165) is 25.7 Å². The Balaban J connectivity index is 2.52. The minimum atomic E-state index is -0.566. The van der Waals surface area contributed by atoms with Crippen LogP contribution < -0.4 is 10.6 Å². The molecule has 8 nitrogen and oxygen atoms in total. The number of primary amides is 1. The topological polar surface area (TPSA) is 115 Å². The maximum atomic E-state index is 11.3. The normalized spacial score (nSPS) is 15.1. The van der Waals surface area contributed by atoms with Gasteiger partial charge in [-0.2, -0.15) is 4.98 Å². The number of hydrogen-bond acceptors (Lipinski definition) is 6. The lowest BCUT2D eigenvalue weighted by Gasteiger charge is -2.28. The Morgan fingerprint density at radius 2 is 2.10 bits per heavy atom. The van der Waals surface area contributed by atoms with Crippen molar-refractivity contribution in [2.45, 2.75) is 38.6 Å². The second kappa shape index (κ2) is 6.21. The zero-order valence-corrected chi connectivity index (χ0v) is 12.3. The van der Waals surface area contributed by atoms with Crippen LogP contribution in [0.1, 0.15) is 31.4 Å². The lowest BCUT2D eigenvalue weighted by atomic mass is 10.2. The van der Waals surface area contributed by atoms with Gasteiger partial charge in [-0.05, 0) is 31.4 Å². The van der Waals surface area contributed by atoms with Crippen LogP contribution in [-0.4, -0.2) is 33.4 Å². The molecular weight excluding hydrogens is 298 g/mol. The Labute approximate surface area is 126 Å². The van der Waals surface area contributed by atoms with Crippen LogP contribution in [0.4, 0.5) is 11.5 Å². The molecule has 0 bridgehead atoms. The van der Waals surface area contributed by atoms with Gasteiger partial charge in [0.2, 0.25) is 17.0 Å². The van der Waals surface area contributed by atoms with E-state index < -0.39 is 10.8 Å². The molecule has 1 amide bonds. The number of carbonyl (C=O) groups is 1. The molecule has 0 spiro atoms. The molecule has 1 saturated carbocycles. The average Bonchev–Trinajstić information content (AvgIpc) is 2.87. The Bertz CT molecular complexity index is 574. The van der Waals surface area contributed by atoms with Crippen molar-refractivity contribution in [3.05, 3.63) is 21.1 Å². The monoisotopic (exact) mass is 313 g/mol. The molecule has 21 heavy (non-hydrogen) atoms. The minimum Gasteiger partial charge on any atom is -0.368 e. The first-order valence-corrected chi connectivity index (χ1v) is 7.01. The summed E-state index contributed by atoms with van der Waals surface area (Å²) < 4.78 is 0. The average molecular weight is 314 g/mol. The van der Waals surface area contributed by atoms with Gasteiger partial charge in [0.15, 0.2) is 0 Å². The summed E-state index contributed by atoms with van der Waals surface area (Å²) in [7, 11) is 0. The number of aryl methyl sites for hydroxylation is 1. The first kappa shape index (κ1) is 15.4. The smallest absolute Gasteiger partial charge is 0.332 e. The Kier molecular flexibility index (Phi) is 4.56. The van der Waals surface area contributed by atoms with E-state index in [-0.39, 0.29) is 35.1 Å². The molecule has 0 radical (unpaired) electrons. The van der Waals surface area contributed by atoms with Gasteiger partial charge in [0.1, 0.15) is 5.69 Å². The molecule has 0 unspecified atom stereocenters. The van der Waals surface area contributed by atoms with Crippen molar-refractivity contribution in [1.29, 1.82) is 0 Å². The minimum absolute atomic E-state index is 0.00145. The van der Waals surface area contributed by atoms with Crippen LogP contribution in [0.25, 0.3) is 0 Å². The number of nitrogens with zero attached hydrogens (tertiary/aromatic N) is 4. The third-order valence-corrected chi connectivity index (χ3v) is 3.73. The largest absolute Gasteiger partial charge is 0.368 e. The maximum absolute atomic E-state index is 11.3. The number of nitrogens with two attached hydrogens (primary N) is 1. The van der Waals surface area contributed by atoms with E-state index in [1.807, 2.05) is 0 Å². The van der Waals surface area contributed by atoms with E-state index in [1.54, 1.807) is 4.90 Å². The molecule has 9 heteroatoms. The van der Waals surface area contributed by atoms with Gasteiger partial charge in [0, 0.05) is 6.04 Å². The van der Waals surface area contributed by atoms with Crippen LogP contribution in [0.2, 0.25) is 5.28 Å². The highest BCUT2D eigenvalue weighted by molar-refractivity contribution is 6.28. The van der Waals surface area contributed by atoms with Crippen molar-refractivity contribution in [3.8, 4) is 0 Å². The fraction of sp³-hybridized carbons (Fsp3) is 0.583. The number of rotatable bonds is 5.